The molecule has 2 aliphatic heterocycles. The van der Waals surface area contributed by atoms with Gasteiger partial charge in [0, 0.05) is 11.6 Å². The molecule has 0 bridgehead atoms. The second-order valence-corrected chi connectivity index (χ2v) is 7.00. The van der Waals surface area contributed by atoms with Crippen molar-refractivity contribution < 1.29 is 22.8 Å². The highest BCUT2D eigenvalue weighted by Gasteiger charge is 2.48. The van der Waals surface area contributed by atoms with Gasteiger partial charge >= 0.3 is 6.18 Å². The number of aryl methyl sites for hydroxylation is 1. The average molecular weight is 375 g/mol. The summed E-state index contributed by atoms with van der Waals surface area (Å²) >= 11 is 6.06. The quantitative estimate of drug-likeness (QED) is 0.743. The number of piperidine rings is 1. The molecule has 2 amide bonds. The Hall–Kier alpha value is -1.60. The minimum absolute atomic E-state index is 0.0616. The van der Waals surface area contributed by atoms with E-state index in [-0.39, 0.29) is 19.4 Å². The summed E-state index contributed by atoms with van der Waals surface area (Å²) in [6, 6.07) is 4.02. The fourth-order valence-corrected chi connectivity index (χ4v) is 3.62. The predicted molar refractivity (Wildman–Crippen MR) is 87.4 cm³/mol. The molecular weight excluding hydrogens is 357 g/mol. The monoisotopic (exact) mass is 374 g/mol. The summed E-state index contributed by atoms with van der Waals surface area (Å²) in [5.41, 5.74) is 1.17. The third-order valence-electron chi connectivity index (χ3n) is 4.89. The summed E-state index contributed by atoms with van der Waals surface area (Å²) in [6.07, 6.45) is -3.96. The molecule has 0 saturated carbocycles. The number of carbonyl (C=O) groups is 2. The largest absolute Gasteiger partial charge is 0.393 e. The standard InChI is InChI=1S/C17H18ClF3N2O2/c1-10-4-5-12(7-13(10)18)23-15(24)8-14(16(23)25)22-6-2-3-11(9-22)17(19,20)21/h4-5,7,11,14H,2-3,6,8-9H2,1H3/t11-,14+/m0/s1. The molecule has 0 aromatic heterocycles. The highest BCUT2D eigenvalue weighted by atomic mass is 35.5. The molecule has 2 heterocycles. The SMILES string of the molecule is Cc1ccc(N2C(=O)C[C@@H](N3CCC[C@H](C(F)(F)F)C3)C2=O)cc1Cl. The number of amides is 2. The summed E-state index contributed by atoms with van der Waals surface area (Å²) in [4.78, 5) is 27.6. The van der Waals surface area contributed by atoms with Crippen molar-refractivity contribution in [3.63, 3.8) is 0 Å². The van der Waals surface area contributed by atoms with E-state index < -0.39 is 30.0 Å². The van der Waals surface area contributed by atoms with Crippen molar-refractivity contribution in [2.75, 3.05) is 18.0 Å². The summed E-state index contributed by atoms with van der Waals surface area (Å²) in [5.74, 6) is -2.34. The van der Waals surface area contributed by atoms with E-state index in [1.807, 2.05) is 0 Å². The van der Waals surface area contributed by atoms with Crippen LogP contribution in [0.5, 0.6) is 0 Å². The highest BCUT2D eigenvalue weighted by Crippen LogP contribution is 2.36. The fourth-order valence-electron chi connectivity index (χ4n) is 3.45. The normalized spacial score (nSPS) is 25.7. The molecule has 0 spiro atoms. The first-order chi connectivity index (χ1) is 11.7. The van der Waals surface area contributed by atoms with Crippen molar-refractivity contribution in [2.45, 2.75) is 38.4 Å². The van der Waals surface area contributed by atoms with Gasteiger partial charge in [-0.2, -0.15) is 13.2 Å². The van der Waals surface area contributed by atoms with Gasteiger partial charge in [-0.1, -0.05) is 17.7 Å². The lowest BCUT2D eigenvalue weighted by Gasteiger charge is -2.36. The van der Waals surface area contributed by atoms with Crippen LogP contribution in [0.3, 0.4) is 0 Å². The molecule has 136 valence electrons. The lowest BCUT2D eigenvalue weighted by atomic mass is 9.96. The van der Waals surface area contributed by atoms with Crippen molar-refractivity contribution in [3.8, 4) is 0 Å². The number of anilines is 1. The van der Waals surface area contributed by atoms with Crippen molar-refractivity contribution in [1.82, 2.24) is 4.90 Å². The summed E-state index contributed by atoms with van der Waals surface area (Å²) in [5, 5.41) is 0.427. The molecule has 4 nitrogen and oxygen atoms in total. The van der Waals surface area contributed by atoms with Crippen molar-refractivity contribution >= 4 is 29.1 Å². The number of nitrogens with zero attached hydrogens (tertiary/aromatic N) is 2. The van der Waals surface area contributed by atoms with Gasteiger partial charge < -0.3 is 0 Å². The molecule has 2 saturated heterocycles. The van der Waals surface area contributed by atoms with E-state index in [0.29, 0.717) is 23.7 Å². The fraction of sp³-hybridized carbons (Fsp3) is 0.529. The number of likely N-dealkylation sites (tertiary alicyclic amines) is 1. The molecule has 1 aromatic carbocycles. The molecule has 1 aromatic rings. The maximum Gasteiger partial charge on any atom is 0.393 e. The van der Waals surface area contributed by atoms with Crippen LogP contribution in [0, 0.1) is 12.8 Å². The first kappa shape index (κ1) is 18.2. The maximum absolute atomic E-state index is 13.0. The van der Waals surface area contributed by atoms with Crippen LogP contribution < -0.4 is 4.90 Å². The molecule has 8 heteroatoms. The van der Waals surface area contributed by atoms with Crippen molar-refractivity contribution in [2.24, 2.45) is 5.92 Å². The van der Waals surface area contributed by atoms with Gasteiger partial charge in [-0.25, -0.2) is 4.90 Å². The molecule has 2 atom stereocenters. The lowest BCUT2D eigenvalue weighted by Crippen LogP contribution is -2.49. The Balaban J connectivity index is 1.80. The van der Waals surface area contributed by atoms with Gasteiger partial charge in [0.15, 0.2) is 0 Å². The van der Waals surface area contributed by atoms with Gasteiger partial charge in [-0.05, 0) is 44.0 Å². The summed E-state index contributed by atoms with van der Waals surface area (Å²) < 4.78 is 39.0. The summed E-state index contributed by atoms with van der Waals surface area (Å²) in [6.45, 7) is 1.95. The molecule has 25 heavy (non-hydrogen) atoms. The maximum atomic E-state index is 13.0. The van der Waals surface area contributed by atoms with E-state index >= 15 is 0 Å². The molecule has 2 fully saturated rings. The molecule has 0 aliphatic carbocycles. The first-order valence-electron chi connectivity index (χ1n) is 8.12. The van der Waals surface area contributed by atoms with Gasteiger partial charge in [0.2, 0.25) is 5.91 Å². The second-order valence-electron chi connectivity index (χ2n) is 6.60. The smallest absolute Gasteiger partial charge is 0.291 e. The van der Waals surface area contributed by atoms with Crippen LogP contribution in [0.4, 0.5) is 18.9 Å². The number of benzene rings is 1. The number of hydrogen-bond acceptors (Lipinski definition) is 3. The first-order valence-corrected chi connectivity index (χ1v) is 8.50. The number of alkyl halides is 3. The van der Waals surface area contributed by atoms with Crippen molar-refractivity contribution in [3.05, 3.63) is 28.8 Å². The lowest BCUT2D eigenvalue weighted by molar-refractivity contribution is -0.188. The van der Waals surface area contributed by atoms with E-state index in [0.717, 1.165) is 10.5 Å². The predicted octanol–water partition coefficient (Wildman–Crippen LogP) is 3.55. The van der Waals surface area contributed by atoms with Crippen LogP contribution in [0.2, 0.25) is 5.02 Å². The minimum Gasteiger partial charge on any atom is -0.291 e. The van der Waals surface area contributed by atoms with Gasteiger partial charge in [0.1, 0.15) is 0 Å². The third-order valence-corrected chi connectivity index (χ3v) is 5.30. The van der Waals surface area contributed by atoms with Gasteiger partial charge in [0.25, 0.3) is 5.91 Å². The van der Waals surface area contributed by atoms with Crippen LogP contribution in [0.15, 0.2) is 18.2 Å². The van der Waals surface area contributed by atoms with Crippen LogP contribution >= 0.6 is 11.6 Å². The van der Waals surface area contributed by atoms with E-state index in [1.165, 1.54) is 11.0 Å². The Morgan fingerprint density at radius 3 is 2.60 bits per heavy atom. The minimum atomic E-state index is -4.28. The number of rotatable bonds is 2. The van der Waals surface area contributed by atoms with Crippen LogP contribution in [-0.4, -0.2) is 42.0 Å². The van der Waals surface area contributed by atoms with Crippen molar-refractivity contribution in [1.29, 1.82) is 0 Å². The van der Waals surface area contributed by atoms with E-state index in [2.05, 4.69) is 0 Å². The Morgan fingerprint density at radius 2 is 1.96 bits per heavy atom. The van der Waals surface area contributed by atoms with Crippen LogP contribution in [0.1, 0.15) is 24.8 Å². The van der Waals surface area contributed by atoms with Crippen LogP contribution in [-0.2, 0) is 9.59 Å². The van der Waals surface area contributed by atoms with E-state index in [1.54, 1.807) is 19.1 Å². The third kappa shape index (κ3) is 3.53. The number of carbonyl (C=O) groups excluding carboxylic acids is 2. The topological polar surface area (TPSA) is 40.6 Å². The Labute approximate surface area is 148 Å². The van der Waals surface area contributed by atoms with E-state index in [4.69, 9.17) is 11.6 Å². The number of hydrogen-bond donors (Lipinski definition) is 0. The molecule has 0 unspecified atom stereocenters. The second kappa shape index (κ2) is 6.61. The molecular formula is C17H18ClF3N2O2. The zero-order chi connectivity index (χ0) is 18.4. The van der Waals surface area contributed by atoms with Gasteiger partial charge in [-0.15, -0.1) is 0 Å². The highest BCUT2D eigenvalue weighted by molar-refractivity contribution is 6.32. The average Bonchev–Trinajstić information content (AvgIpc) is 2.84. The number of imide groups is 1. The zero-order valence-electron chi connectivity index (χ0n) is 13.6. The van der Waals surface area contributed by atoms with Gasteiger partial charge in [0.05, 0.1) is 24.1 Å². The molecule has 3 rings (SSSR count). The Bertz CT molecular complexity index is 708. The van der Waals surface area contributed by atoms with Crippen LogP contribution in [0.25, 0.3) is 0 Å². The Morgan fingerprint density at radius 1 is 1.24 bits per heavy atom. The molecule has 0 N–H and O–H groups in total. The zero-order valence-corrected chi connectivity index (χ0v) is 14.4. The summed E-state index contributed by atoms with van der Waals surface area (Å²) in [7, 11) is 0. The van der Waals surface area contributed by atoms with E-state index in [9.17, 15) is 22.8 Å². The molecule has 2 aliphatic rings. The Kier molecular flexibility index (Phi) is 4.81. The molecule has 0 radical (unpaired) electrons. The van der Waals surface area contributed by atoms with Gasteiger partial charge in [-0.3, -0.25) is 14.5 Å². The number of halogens is 4.